The van der Waals surface area contributed by atoms with Gasteiger partial charge in [-0.1, -0.05) is 0 Å². The number of alkyl halides is 3. The van der Waals surface area contributed by atoms with Crippen molar-refractivity contribution in [2.24, 2.45) is 4.99 Å². The van der Waals surface area contributed by atoms with Crippen LogP contribution < -0.4 is 0 Å². The van der Waals surface area contributed by atoms with Gasteiger partial charge < -0.3 is 0 Å². The van der Waals surface area contributed by atoms with E-state index < -0.39 is 18.0 Å². The van der Waals surface area contributed by atoms with Crippen LogP contribution in [0.4, 0.5) is 13.2 Å². The van der Waals surface area contributed by atoms with Crippen molar-refractivity contribution >= 4 is 23.5 Å². The third-order valence-corrected chi connectivity index (χ3v) is 2.90. The van der Waals surface area contributed by atoms with Crippen LogP contribution in [-0.4, -0.2) is 18.3 Å². The standard InChI is InChI=1S/C8H4F3NOS/c9-8(10,11)5-3-12-7(13)4-1-2-14-6(4)5/h1-3,5H. The number of hydrogen-bond acceptors (Lipinski definition) is 2. The summed E-state index contributed by atoms with van der Waals surface area (Å²) < 4.78 is 37.3. The monoisotopic (exact) mass is 219 g/mol. The number of halogens is 3. The molecule has 1 aliphatic heterocycles. The van der Waals surface area contributed by atoms with Crippen LogP contribution in [0.3, 0.4) is 0 Å². The second kappa shape index (κ2) is 2.91. The van der Waals surface area contributed by atoms with Crippen molar-refractivity contribution in [3.63, 3.8) is 0 Å². The summed E-state index contributed by atoms with van der Waals surface area (Å²) in [6, 6.07) is 1.37. The van der Waals surface area contributed by atoms with Crippen molar-refractivity contribution in [2.75, 3.05) is 0 Å². The van der Waals surface area contributed by atoms with Crippen molar-refractivity contribution in [1.29, 1.82) is 0 Å². The van der Waals surface area contributed by atoms with Crippen molar-refractivity contribution in [2.45, 2.75) is 12.1 Å². The first-order chi connectivity index (χ1) is 6.50. The summed E-state index contributed by atoms with van der Waals surface area (Å²) in [6.07, 6.45) is -3.70. The van der Waals surface area contributed by atoms with Crippen molar-refractivity contribution < 1.29 is 18.0 Å². The number of carbonyl (C=O) groups is 1. The Kier molecular flexibility index (Phi) is 1.95. The normalized spacial score (nSPS) is 21.1. The first-order valence-corrected chi connectivity index (χ1v) is 4.61. The highest BCUT2D eigenvalue weighted by molar-refractivity contribution is 7.10. The number of nitrogens with zero attached hydrogens (tertiary/aromatic N) is 1. The molecule has 0 aromatic carbocycles. The average Bonchev–Trinajstić information content (AvgIpc) is 2.50. The third-order valence-electron chi connectivity index (χ3n) is 1.90. The van der Waals surface area contributed by atoms with E-state index in [-0.39, 0.29) is 10.4 Å². The Morgan fingerprint density at radius 1 is 1.43 bits per heavy atom. The smallest absolute Gasteiger partial charge is 0.267 e. The van der Waals surface area contributed by atoms with Gasteiger partial charge in [-0.3, -0.25) is 4.79 Å². The zero-order valence-electron chi connectivity index (χ0n) is 6.71. The summed E-state index contributed by atoms with van der Waals surface area (Å²) in [5.74, 6) is -2.32. The SMILES string of the molecule is O=C1N=CC(C(F)(F)F)c2sccc21. The summed E-state index contributed by atoms with van der Waals surface area (Å²) in [5.41, 5.74) is 0.0693. The molecule has 2 nitrogen and oxygen atoms in total. The zero-order valence-corrected chi connectivity index (χ0v) is 7.52. The van der Waals surface area contributed by atoms with Crippen LogP contribution in [0.5, 0.6) is 0 Å². The lowest BCUT2D eigenvalue weighted by Crippen LogP contribution is -2.25. The molecular weight excluding hydrogens is 215 g/mol. The summed E-state index contributed by atoms with van der Waals surface area (Å²) in [5, 5.41) is 1.47. The first-order valence-electron chi connectivity index (χ1n) is 3.73. The maximum atomic E-state index is 12.4. The fourth-order valence-corrected chi connectivity index (χ4v) is 2.23. The van der Waals surface area contributed by atoms with E-state index in [1.54, 1.807) is 0 Å². The molecular formula is C8H4F3NOS. The van der Waals surface area contributed by atoms with E-state index in [2.05, 4.69) is 4.99 Å². The molecule has 0 N–H and O–H groups in total. The molecule has 0 saturated heterocycles. The van der Waals surface area contributed by atoms with E-state index in [4.69, 9.17) is 0 Å². The lowest BCUT2D eigenvalue weighted by molar-refractivity contribution is -0.133. The number of aliphatic imine (C=N–C) groups is 1. The highest BCUT2D eigenvalue weighted by Crippen LogP contribution is 2.39. The Morgan fingerprint density at radius 2 is 2.14 bits per heavy atom. The molecule has 1 aliphatic rings. The van der Waals surface area contributed by atoms with E-state index in [9.17, 15) is 18.0 Å². The second-order valence-corrected chi connectivity index (χ2v) is 3.75. The second-order valence-electron chi connectivity index (χ2n) is 2.80. The van der Waals surface area contributed by atoms with Crippen LogP contribution in [0.25, 0.3) is 0 Å². The summed E-state index contributed by atoms with van der Waals surface area (Å²) in [4.78, 5) is 14.3. The van der Waals surface area contributed by atoms with Gasteiger partial charge in [-0.25, -0.2) is 4.99 Å². The summed E-state index contributed by atoms with van der Waals surface area (Å²) in [7, 11) is 0. The molecule has 14 heavy (non-hydrogen) atoms. The minimum atomic E-state index is -4.37. The summed E-state index contributed by atoms with van der Waals surface area (Å²) in [6.45, 7) is 0. The predicted octanol–water partition coefficient (Wildman–Crippen LogP) is 2.62. The van der Waals surface area contributed by atoms with Crippen LogP contribution in [-0.2, 0) is 0 Å². The van der Waals surface area contributed by atoms with Crippen LogP contribution in [0, 0.1) is 0 Å². The zero-order chi connectivity index (χ0) is 10.3. The molecule has 1 atom stereocenters. The molecule has 0 bridgehead atoms. The van der Waals surface area contributed by atoms with E-state index in [0.717, 1.165) is 11.3 Å². The number of carbonyl (C=O) groups excluding carboxylic acids is 1. The molecule has 0 fully saturated rings. The fraction of sp³-hybridized carbons (Fsp3) is 0.250. The highest BCUT2D eigenvalue weighted by Gasteiger charge is 2.43. The molecule has 2 rings (SSSR count). The largest absolute Gasteiger partial charge is 0.401 e. The minimum Gasteiger partial charge on any atom is -0.267 e. The van der Waals surface area contributed by atoms with Gasteiger partial charge in [0.1, 0.15) is 5.92 Å². The van der Waals surface area contributed by atoms with Gasteiger partial charge in [0, 0.05) is 11.1 Å². The number of thiophene rings is 1. The van der Waals surface area contributed by atoms with Crippen molar-refractivity contribution in [3.8, 4) is 0 Å². The van der Waals surface area contributed by atoms with Gasteiger partial charge >= 0.3 is 6.18 Å². The topological polar surface area (TPSA) is 29.4 Å². The lowest BCUT2D eigenvalue weighted by Gasteiger charge is -2.18. The molecule has 0 aliphatic carbocycles. The number of rotatable bonds is 0. The first kappa shape index (κ1) is 9.39. The van der Waals surface area contributed by atoms with Gasteiger partial charge in [0.05, 0.1) is 5.56 Å². The molecule has 2 heterocycles. The van der Waals surface area contributed by atoms with Gasteiger partial charge in [-0.2, -0.15) is 13.2 Å². The molecule has 74 valence electrons. The third kappa shape index (κ3) is 1.35. The lowest BCUT2D eigenvalue weighted by atomic mass is 10.0. The molecule has 0 radical (unpaired) electrons. The van der Waals surface area contributed by atoms with Gasteiger partial charge in [-0.05, 0) is 11.4 Å². The Bertz CT molecular complexity index is 407. The van der Waals surface area contributed by atoms with E-state index in [1.165, 1.54) is 11.4 Å². The molecule has 6 heteroatoms. The predicted molar refractivity (Wildman–Crippen MR) is 45.9 cm³/mol. The number of hydrogen-bond donors (Lipinski definition) is 0. The Hall–Kier alpha value is -1.17. The average molecular weight is 219 g/mol. The molecule has 1 aromatic rings. The van der Waals surface area contributed by atoms with E-state index in [0.29, 0.717) is 6.21 Å². The van der Waals surface area contributed by atoms with Crippen molar-refractivity contribution in [1.82, 2.24) is 0 Å². The van der Waals surface area contributed by atoms with Crippen LogP contribution in [0.1, 0.15) is 21.2 Å². The summed E-state index contributed by atoms with van der Waals surface area (Å²) >= 11 is 0.932. The molecule has 1 amide bonds. The van der Waals surface area contributed by atoms with Gasteiger partial charge in [0.2, 0.25) is 0 Å². The van der Waals surface area contributed by atoms with Gasteiger partial charge in [0.15, 0.2) is 0 Å². The molecule has 0 saturated carbocycles. The number of fused-ring (bicyclic) bond motifs is 1. The van der Waals surface area contributed by atoms with Crippen LogP contribution in [0.2, 0.25) is 0 Å². The fourth-order valence-electron chi connectivity index (χ4n) is 1.25. The van der Waals surface area contributed by atoms with E-state index >= 15 is 0 Å². The van der Waals surface area contributed by atoms with Crippen LogP contribution in [0.15, 0.2) is 16.4 Å². The molecule has 1 unspecified atom stereocenters. The van der Waals surface area contributed by atoms with Crippen molar-refractivity contribution in [3.05, 3.63) is 21.9 Å². The minimum absolute atomic E-state index is 0.0394. The maximum absolute atomic E-state index is 12.4. The van der Waals surface area contributed by atoms with E-state index in [1.807, 2.05) is 0 Å². The quantitative estimate of drug-likeness (QED) is 0.659. The molecule has 0 spiro atoms. The Labute approximate surface area is 81.1 Å². The highest BCUT2D eigenvalue weighted by atomic mass is 32.1. The van der Waals surface area contributed by atoms with Gasteiger partial charge in [-0.15, -0.1) is 11.3 Å². The van der Waals surface area contributed by atoms with Gasteiger partial charge in [0.25, 0.3) is 5.91 Å². The number of amides is 1. The maximum Gasteiger partial charge on any atom is 0.401 e. The Morgan fingerprint density at radius 3 is 2.79 bits per heavy atom. The molecule has 1 aromatic heterocycles. The van der Waals surface area contributed by atoms with Crippen LogP contribution >= 0.6 is 11.3 Å². The Balaban J connectivity index is 2.50.